The minimum atomic E-state index is 0.560. The van der Waals surface area contributed by atoms with Gasteiger partial charge in [-0.25, -0.2) is 0 Å². The van der Waals surface area contributed by atoms with Crippen molar-refractivity contribution >= 4 is 0 Å². The first-order valence-electron chi connectivity index (χ1n) is 7.71. The molecule has 0 radical (unpaired) electrons. The third-order valence-corrected chi connectivity index (χ3v) is 5.11. The van der Waals surface area contributed by atoms with Crippen LogP contribution in [0.1, 0.15) is 40.0 Å². The number of likely N-dealkylation sites (N-methyl/N-ethyl adjacent to an activating group) is 1. The average molecular weight is 253 g/mol. The zero-order valence-electron chi connectivity index (χ0n) is 12.7. The Labute approximate surface area is 113 Å². The molecule has 106 valence electrons. The van der Waals surface area contributed by atoms with E-state index in [1.165, 1.54) is 52.0 Å². The first-order chi connectivity index (χ1) is 8.56. The summed E-state index contributed by atoms with van der Waals surface area (Å²) in [5.41, 5.74) is 0.560. The van der Waals surface area contributed by atoms with Crippen LogP contribution in [0.5, 0.6) is 0 Å². The lowest BCUT2D eigenvalue weighted by molar-refractivity contribution is 0.0328. The standard InChI is InChI=1S/C15H31N3/c1-5-6-15(7-8-16-11-15)12-18-9-13(2)17(4)14(3)10-18/h13-14,16H,5-12H2,1-4H3. The average Bonchev–Trinajstić information content (AvgIpc) is 2.75. The van der Waals surface area contributed by atoms with Crippen LogP contribution < -0.4 is 5.32 Å². The minimum absolute atomic E-state index is 0.560. The fourth-order valence-electron chi connectivity index (χ4n) is 3.87. The molecule has 3 heteroatoms. The van der Waals surface area contributed by atoms with Gasteiger partial charge in [-0.1, -0.05) is 13.3 Å². The van der Waals surface area contributed by atoms with Crippen molar-refractivity contribution in [3.05, 3.63) is 0 Å². The van der Waals surface area contributed by atoms with Gasteiger partial charge in [-0.05, 0) is 45.7 Å². The van der Waals surface area contributed by atoms with Crippen molar-refractivity contribution in [3.8, 4) is 0 Å². The van der Waals surface area contributed by atoms with Crippen molar-refractivity contribution < 1.29 is 0 Å². The molecule has 0 amide bonds. The Kier molecular flexibility index (Phi) is 4.68. The number of nitrogens with one attached hydrogen (secondary N) is 1. The molecule has 0 aromatic carbocycles. The smallest absolute Gasteiger partial charge is 0.0195 e. The SMILES string of the molecule is CCCC1(CN2CC(C)N(C)C(C)C2)CCNC1. The molecule has 2 aliphatic heterocycles. The summed E-state index contributed by atoms with van der Waals surface area (Å²) in [6.45, 7) is 13.3. The normalized spacial score (nSPS) is 39.3. The lowest BCUT2D eigenvalue weighted by Crippen LogP contribution is -2.57. The van der Waals surface area contributed by atoms with Gasteiger partial charge in [0.2, 0.25) is 0 Å². The molecule has 1 N–H and O–H groups in total. The lowest BCUT2D eigenvalue weighted by atomic mass is 9.81. The molecule has 2 saturated heterocycles. The van der Waals surface area contributed by atoms with E-state index in [1.807, 2.05) is 0 Å². The molecule has 0 aromatic heterocycles. The van der Waals surface area contributed by atoms with Crippen LogP contribution in [0.4, 0.5) is 0 Å². The van der Waals surface area contributed by atoms with Gasteiger partial charge in [0.05, 0.1) is 0 Å². The third kappa shape index (κ3) is 3.06. The third-order valence-electron chi connectivity index (χ3n) is 5.11. The van der Waals surface area contributed by atoms with E-state index in [9.17, 15) is 0 Å². The van der Waals surface area contributed by atoms with Crippen LogP contribution >= 0.6 is 0 Å². The Bertz CT molecular complexity index is 248. The number of nitrogens with zero attached hydrogens (tertiary/aromatic N) is 2. The summed E-state index contributed by atoms with van der Waals surface area (Å²) in [6.07, 6.45) is 4.07. The molecule has 0 aliphatic carbocycles. The molecular weight excluding hydrogens is 222 g/mol. The molecule has 0 saturated carbocycles. The van der Waals surface area contributed by atoms with E-state index in [1.54, 1.807) is 0 Å². The van der Waals surface area contributed by atoms with Crippen molar-refractivity contribution in [2.24, 2.45) is 5.41 Å². The summed E-state index contributed by atoms with van der Waals surface area (Å²) in [7, 11) is 2.27. The topological polar surface area (TPSA) is 18.5 Å². The van der Waals surface area contributed by atoms with Crippen LogP contribution in [0, 0.1) is 5.41 Å². The highest BCUT2D eigenvalue weighted by Crippen LogP contribution is 2.33. The summed E-state index contributed by atoms with van der Waals surface area (Å²) in [4.78, 5) is 5.24. The van der Waals surface area contributed by atoms with E-state index in [-0.39, 0.29) is 0 Å². The molecular formula is C15H31N3. The van der Waals surface area contributed by atoms with Crippen LogP contribution in [0.25, 0.3) is 0 Å². The maximum absolute atomic E-state index is 3.58. The molecule has 18 heavy (non-hydrogen) atoms. The monoisotopic (exact) mass is 253 g/mol. The van der Waals surface area contributed by atoms with Gasteiger partial charge in [-0.15, -0.1) is 0 Å². The second-order valence-corrected chi connectivity index (χ2v) is 6.73. The molecule has 3 atom stereocenters. The number of rotatable bonds is 4. The summed E-state index contributed by atoms with van der Waals surface area (Å²) in [6, 6.07) is 1.39. The van der Waals surface area contributed by atoms with Crippen molar-refractivity contribution in [2.45, 2.75) is 52.1 Å². The van der Waals surface area contributed by atoms with Crippen LogP contribution in [-0.4, -0.2) is 61.7 Å². The number of hydrogen-bond donors (Lipinski definition) is 1. The van der Waals surface area contributed by atoms with Crippen LogP contribution in [0.2, 0.25) is 0 Å². The highest BCUT2D eigenvalue weighted by atomic mass is 15.3. The van der Waals surface area contributed by atoms with Gasteiger partial charge < -0.3 is 5.32 Å². The van der Waals surface area contributed by atoms with E-state index in [2.05, 4.69) is 42.9 Å². The highest BCUT2D eigenvalue weighted by molar-refractivity contribution is 4.93. The molecule has 2 heterocycles. The lowest BCUT2D eigenvalue weighted by Gasteiger charge is -2.45. The fourth-order valence-corrected chi connectivity index (χ4v) is 3.87. The van der Waals surface area contributed by atoms with Crippen LogP contribution in [-0.2, 0) is 0 Å². The molecule has 0 spiro atoms. The Balaban J connectivity index is 1.95. The summed E-state index contributed by atoms with van der Waals surface area (Å²) < 4.78 is 0. The zero-order valence-corrected chi connectivity index (χ0v) is 12.7. The maximum Gasteiger partial charge on any atom is 0.0195 e. The number of hydrogen-bond acceptors (Lipinski definition) is 3. The molecule has 2 aliphatic rings. The van der Waals surface area contributed by atoms with Gasteiger partial charge in [-0.2, -0.15) is 0 Å². The molecule has 2 rings (SSSR count). The van der Waals surface area contributed by atoms with E-state index >= 15 is 0 Å². The Morgan fingerprint density at radius 3 is 2.39 bits per heavy atom. The molecule has 3 unspecified atom stereocenters. The van der Waals surface area contributed by atoms with E-state index in [0.717, 1.165) is 0 Å². The number of piperazine rings is 1. The van der Waals surface area contributed by atoms with Gasteiger partial charge >= 0.3 is 0 Å². The van der Waals surface area contributed by atoms with Crippen molar-refractivity contribution in [1.29, 1.82) is 0 Å². The Morgan fingerprint density at radius 1 is 1.22 bits per heavy atom. The van der Waals surface area contributed by atoms with Crippen molar-refractivity contribution in [3.63, 3.8) is 0 Å². The Morgan fingerprint density at radius 2 is 1.89 bits per heavy atom. The molecule has 0 bridgehead atoms. The van der Waals surface area contributed by atoms with Gasteiger partial charge in [-0.3, -0.25) is 9.80 Å². The van der Waals surface area contributed by atoms with Gasteiger partial charge in [0, 0.05) is 38.3 Å². The van der Waals surface area contributed by atoms with E-state index < -0.39 is 0 Å². The predicted molar refractivity (Wildman–Crippen MR) is 78.0 cm³/mol. The van der Waals surface area contributed by atoms with E-state index in [0.29, 0.717) is 17.5 Å². The van der Waals surface area contributed by atoms with Gasteiger partial charge in [0.15, 0.2) is 0 Å². The largest absolute Gasteiger partial charge is 0.316 e. The summed E-state index contributed by atoms with van der Waals surface area (Å²) in [5.74, 6) is 0. The summed E-state index contributed by atoms with van der Waals surface area (Å²) in [5, 5.41) is 3.58. The maximum atomic E-state index is 3.58. The Hall–Kier alpha value is -0.120. The molecule has 3 nitrogen and oxygen atoms in total. The zero-order chi connectivity index (χ0) is 13.2. The minimum Gasteiger partial charge on any atom is -0.316 e. The second-order valence-electron chi connectivity index (χ2n) is 6.73. The van der Waals surface area contributed by atoms with Gasteiger partial charge in [0.25, 0.3) is 0 Å². The van der Waals surface area contributed by atoms with Crippen LogP contribution in [0.15, 0.2) is 0 Å². The second kappa shape index (κ2) is 5.89. The van der Waals surface area contributed by atoms with Gasteiger partial charge in [0.1, 0.15) is 0 Å². The fraction of sp³-hybridized carbons (Fsp3) is 1.00. The predicted octanol–water partition coefficient (Wildman–Crippen LogP) is 1.79. The van der Waals surface area contributed by atoms with E-state index in [4.69, 9.17) is 0 Å². The molecule has 2 fully saturated rings. The first kappa shape index (κ1) is 14.3. The quantitative estimate of drug-likeness (QED) is 0.824. The van der Waals surface area contributed by atoms with Crippen molar-refractivity contribution in [1.82, 2.24) is 15.1 Å². The van der Waals surface area contributed by atoms with Crippen molar-refractivity contribution in [2.75, 3.05) is 39.8 Å². The van der Waals surface area contributed by atoms with Crippen LogP contribution in [0.3, 0.4) is 0 Å². The highest BCUT2D eigenvalue weighted by Gasteiger charge is 2.37. The summed E-state index contributed by atoms with van der Waals surface area (Å²) >= 11 is 0. The molecule has 0 aromatic rings. The first-order valence-corrected chi connectivity index (χ1v) is 7.71.